The monoisotopic (exact) mass is 1270 g/mol. The Morgan fingerprint density at radius 3 is 1.65 bits per heavy atom. The molecule has 359 valence electrons. The van der Waals surface area contributed by atoms with Crippen molar-refractivity contribution < 1.29 is 54.6 Å². The van der Waals surface area contributed by atoms with Crippen LogP contribution in [-0.4, -0.2) is 48.2 Å². The Morgan fingerprint density at radius 2 is 1.14 bits per heavy atom. The van der Waals surface area contributed by atoms with E-state index in [-0.39, 0.29) is 40.9 Å². The van der Waals surface area contributed by atoms with Gasteiger partial charge < -0.3 is 27.4 Å². The second-order valence-electron chi connectivity index (χ2n) is 17.1. The molecule has 14 nitrogen and oxygen atoms in total. The van der Waals surface area contributed by atoms with Crippen molar-refractivity contribution in [2.45, 2.75) is 83.7 Å². The minimum absolute atomic E-state index is 0. The van der Waals surface area contributed by atoms with E-state index in [4.69, 9.17) is 0 Å². The maximum Gasteiger partial charge on any atom is 1.00 e. The molecule has 0 aliphatic rings. The van der Waals surface area contributed by atoms with Gasteiger partial charge in [0, 0.05) is 161 Å². The molecule has 9 rings (SSSR count). The maximum atomic E-state index is 4.66. The van der Waals surface area contributed by atoms with Crippen LogP contribution in [0.5, 0.6) is 0 Å². The van der Waals surface area contributed by atoms with Gasteiger partial charge in [0.2, 0.25) is 0 Å². The van der Waals surface area contributed by atoms with Crippen molar-refractivity contribution in [2.24, 2.45) is 28.2 Å². The Balaban J connectivity index is 0.000000275. The van der Waals surface area contributed by atoms with Gasteiger partial charge in [-0.25, -0.2) is 34.5 Å². The smallest absolute Gasteiger partial charge is 0.339 e. The van der Waals surface area contributed by atoms with Gasteiger partial charge in [0.25, 0.3) is 0 Å². The van der Waals surface area contributed by atoms with Crippen LogP contribution in [0.1, 0.15) is 86.1 Å². The zero-order valence-corrected chi connectivity index (χ0v) is 46.3. The molecule has 0 spiro atoms. The first-order chi connectivity index (χ1) is 32.6. The molecule has 3 atom stereocenters. The molecule has 0 fully saturated rings. The first kappa shape index (κ1) is 53.8. The molecule has 16 heteroatoms. The van der Waals surface area contributed by atoms with Crippen LogP contribution in [0.25, 0.3) is 34.8 Å². The largest absolute Gasteiger partial charge is 1.00 e. The van der Waals surface area contributed by atoms with Crippen LogP contribution in [0.15, 0.2) is 154 Å². The fourth-order valence-electron chi connectivity index (χ4n) is 8.54. The van der Waals surface area contributed by atoms with Crippen LogP contribution in [0.4, 0.5) is 0 Å². The average Bonchev–Trinajstić information content (AvgIpc) is 4.22. The molecule has 0 aliphatic heterocycles. The van der Waals surface area contributed by atoms with Crippen molar-refractivity contribution >= 4 is 0 Å². The third kappa shape index (κ3) is 14.4. The molecule has 0 N–H and O–H groups in total. The number of imidazole rings is 5. The van der Waals surface area contributed by atoms with E-state index in [1.54, 1.807) is 24.8 Å². The summed E-state index contributed by atoms with van der Waals surface area (Å²) in [5.41, 5.74) is 6.15. The predicted octanol–water partition coefficient (Wildman–Crippen LogP) is 7.89. The van der Waals surface area contributed by atoms with Gasteiger partial charge in [0.05, 0.1) is 12.4 Å². The van der Waals surface area contributed by atoms with Crippen molar-refractivity contribution in [3.8, 4) is 34.8 Å². The van der Waals surface area contributed by atoms with Crippen LogP contribution in [0.3, 0.4) is 0 Å². The normalized spacial score (nSPS) is 12.0. The van der Waals surface area contributed by atoms with E-state index < -0.39 is 0 Å². The summed E-state index contributed by atoms with van der Waals surface area (Å²) in [7, 11) is 11.8. The molecule has 0 aliphatic carbocycles. The fraction of sp³-hybridized carbons (Fsp3) is 0.321. The van der Waals surface area contributed by atoms with Gasteiger partial charge in [-0.1, -0.05) is 37.6 Å². The van der Waals surface area contributed by atoms with E-state index in [1.807, 2.05) is 120 Å². The van der Waals surface area contributed by atoms with Crippen LogP contribution < -0.4 is 18.7 Å². The van der Waals surface area contributed by atoms with Gasteiger partial charge in [-0.2, -0.15) is 0 Å². The van der Waals surface area contributed by atoms with Gasteiger partial charge in [-0.15, -0.1) is 0 Å². The standard InChI is InChI=1S/C37H45N6.2C8H10N4.Os.W/c1-5-30(33-13-22-41(4)23-14-33)27-35(32-11-17-38-18-12-32)28-31(6-2)34-15-24-42(25-16-34)20-8-21-43-26-19-39-37(43)36-10-7-9-29(3)40-36;2*1-11-5-3-9-7(11)8-10-4-6-12(8)2;;/h7,9-19,22-26,30-31,35H,4-6,8,20-21,27-28H2,1-3H3;2*3-6H,1-2H3;;/q+1;;;+1;. The second-order valence-corrected chi connectivity index (χ2v) is 17.1. The Labute approximate surface area is 435 Å². The third-order valence-electron chi connectivity index (χ3n) is 12.4. The van der Waals surface area contributed by atoms with Crippen LogP contribution >= 0.6 is 0 Å². The molecule has 9 heterocycles. The van der Waals surface area contributed by atoms with E-state index in [9.17, 15) is 0 Å². The maximum absolute atomic E-state index is 4.66. The van der Waals surface area contributed by atoms with Gasteiger partial charge >= 0.3 is 19.8 Å². The quantitative estimate of drug-likeness (QED) is 0.0713. The predicted molar refractivity (Wildman–Crippen MR) is 260 cm³/mol. The van der Waals surface area contributed by atoms with Crippen LogP contribution in [0.2, 0.25) is 0 Å². The first-order valence-electron chi connectivity index (χ1n) is 23.2. The minimum Gasteiger partial charge on any atom is -0.339 e. The van der Waals surface area contributed by atoms with Gasteiger partial charge in [0.1, 0.15) is 12.2 Å². The molecule has 0 bridgehead atoms. The Hall–Kier alpha value is -6.16. The molecule has 69 heavy (non-hydrogen) atoms. The number of hydrogen-bond acceptors (Lipinski definition) is 6. The van der Waals surface area contributed by atoms with E-state index in [0.717, 1.165) is 85.7 Å². The Morgan fingerprint density at radius 1 is 0.623 bits per heavy atom. The van der Waals surface area contributed by atoms with Gasteiger partial charge in [0.15, 0.2) is 41.5 Å². The topological polar surface area (TPSA) is 123 Å². The molecular weight excluding hydrogens is 1210 g/mol. The van der Waals surface area contributed by atoms with Crippen molar-refractivity contribution in [1.82, 2.24) is 53.2 Å². The molecule has 1 radical (unpaired) electrons. The van der Waals surface area contributed by atoms with E-state index in [2.05, 4.69) is 132 Å². The molecule has 9 aromatic rings. The Kier molecular flexibility index (Phi) is 20.7. The summed E-state index contributed by atoms with van der Waals surface area (Å²) < 4.78 is 14.2. The number of pyridine rings is 4. The van der Waals surface area contributed by atoms with Crippen molar-refractivity contribution in [2.75, 3.05) is 0 Å². The van der Waals surface area contributed by atoms with Crippen molar-refractivity contribution in [1.29, 1.82) is 0 Å². The summed E-state index contributed by atoms with van der Waals surface area (Å²) in [6, 6.07) is 19.6. The average molecular weight is 1270 g/mol. The second kappa shape index (κ2) is 26.6. The molecular formula is C53H65N14OsW+2. The molecule has 0 saturated heterocycles. The van der Waals surface area contributed by atoms with E-state index in [1.165, 1.54) is 16.7 Å². The molecule has 0 saturated carbocycles. The number of hydrogen-bond donors (Lipinski definition) is 0. The van der Waals surface area contributed by atoms with Crippen molar-refractivity contribution in [3.05, 3.63) is 183 Å². The summed E-state index contributed by atoms with van der Waals surface area (Å²) in [6.45, 7) is 8.50. The van der Waals surface area contributed by atoms with Crippen molar-refractivity contribution in [3.63, 3.8) is 0 Å². The summed E-state index contributed by atoms with van der Waals surface area (Å²) in [5.74, 6) is 5.97. The summed E-state index contributed by atoms with van der Waals surface area (Å²) >= 11 is 0. The third-order valence-corrected chi connectivity index (χ3v) is 12.4. The number of aromatic nitrogens is 14. The van der Waals surface area contributed by atoms with Crippen LogP contribution in [-0.2, 0) is 82.1 Å². The molecule has 9 aromatic heterocycles. The molecule has 0 amide bonds. The summed E-state index contributed by atoms with van der Waals surface area (Å²) in [4.78, 5) is 30.3. The molecule has 0 aromatic carbocycles. The summed E-state index contributed by atoms with van der Waals surface area (Å²) in [5, 5.41) is 0. The summed E-state index contributed by atoms with van der Waals surface area (Å²) in [6.07, 6.45) is 36.6. The zero-order chi connectivity index (χ0) is 47.1. The molecule has 3 unspecified atom stereocenters. The fourth-order valence-corrected chi connectivity index (χ4v) is 8.54. The van der Waals surface area contributed by atoms with Crippen LogP contribution in [0, 0.1) is 14.0 Å². The van der Waals surface area contributed by atoms with E-state index >= 15 is 0 Å². The number of nitrogens with zero attached hydrogens (tertiary/aromatic N) is 14. The number of rotatable bonds is 16. The minimum atomic E-state index is 0. The van der Waals surface area contributed by atoms with Gasteiger partial charge in [-0.3, -0.25) is 4.98 Å². The zero-order valence-electron chi connectivity index (χ0n) is 40.8. The SMILES string of the molecule is Cn1ccnc1-c1[n-]cc[n+]1C.Cn1ccnc1-c1nccn1C.[CH2-][n+]1ccc(C(CC)CC(CC(CC)c2cc[n+](CCCn3ccnc3-c3cccc(C)n3)cc2)c2ccncc2)cc1.[Os+].[W]. The number of aryl methyl sites for hydroxylation is 7. The first-order valence-corrected chi connectivity index (χ1v) is 23.2. The Bertz CT molecular complexity index is 2710. The van der Waals surface area contributed by atoms with E-state index in [0.29, 0.717) is 17.8 Å². The van der Waals surface area contributed by atoms with Gasteiger partial charge in [-0.05, 0) is 85.8 Å².